The Balaban J connectivity index is 2.19. The van der Waals surface area contributed by atoms with E-state index in [1.165, 1.54) is 0 Å². The Morgan fingerprint density at radius 2 is 2.24 bits per heavy atom. The molecule has 0 saturated carbocycles. The van der Waals surface area contributed by atoms with Crippen LogP contribution in [-0.4, -0.2) is 41.3 Å². The molecule has 1 unspecified atom stereocenters. The van der Waals surface area contributed by atoms with Crippen molar-refractivity contribution in [3.63, 3.8) is 0 Å². The summed E-state index contributed by atoms with van der Waals surface area (Å²) in [7, 11) is 0. The van der Waals surface area contributed by atoms with Gasteiger partial charge in [0.2, 0.25) is 5.82 Å². The van der Waals surface area contributed by atoms with Crippen molar-refractivity contribution in [2.45, 2.75) is 12.0 Å². The van der Waals surface area contributed by atoms with Gasteiger partial charge in [0.1, 0.15) is 17.0 Å². The summed E-state index contributed by atoms with van der Waals surface area (Å²) in [6, 6.07) is 1.28. The van der Waals surface area contributed by atoms with Gasteiger partial charge in [-0.05, 0) is 6.07 Å². The van der Waals surface area contributed by atoms with Gasteiger partial charge in [-0.25, -0.2) is 4.39 Å². The Labute approximate surface area is 117 Å². The van der Waals surface area contributed by atoms with Gasteiger partial charge in [-0.1, -0.05) is 0 Å². The van der Waals surface area contributed by atoms with Crippen molar-refractivity contribution >= 4 is 11.6 Å². The summed E-state index contributed by atoms with van der Waals surface area (Å²) < 4.78 is 32.3. The monoisotopic (exact) mass is 302 g/mol. The summed E-state index contributed by atoms with van der Waals surface area (Å²) >= 11 is 0. The van der Waals surface area contributed by atoms with E-state index in [2.05, 4.69) is 5.32 Å². The normalized spacial score (nSPS) is 21.3. The molecular weight excluding hydrogens is 290 g/mol. The molecule has 2 N–H and O–H groups in total. The number of hydrogen-bond acceptors (Lipinski definition) is 5. The van der Waals surface area contributed by atoms with E-state index in [9.17, 15) is 28.8 Å². The molecule has 2 rings (SSSR count). The van der Waals surface area contributed by atoms with E-state index in [0.29, 0.717) is 18.7 Å². The number of amides is 1. The van der Waals surface area contributed by atoms with E-state index in [1.54, 1.807) is 0 Å². The molecule has 0 radical (unpaired) electrons. The lowest BCUT2D eigenvalue weighted by Gasteiger charge is -2.20. The largest absolute Gasteiger partial charge is 0.386 e. The molecule has 0 aromatic heterocycles. The maximum Gasteiger partial charge on any atom is 0.305 e. The molecule has 114 valence electrons. The average molecular weight is 302 g/mol. The van der Waals surface area contributed by atoms with Crippen LogP contribution in [0.1, 0.15) is 16.8 Å². The third-order valence-electron chi connectivity index (χ3n) is 3.15. The number of nitro groups is 1. The summed E-state index contributed by atoms with van der Waals surface area (Å²) in [5, 5.41) is 22.7. The number of aliphatic hydroxyl groups is 1. The minimum Gasteiger partial charge on any atom is -0.386 e. The lowest BCUT2D eigenvalue weighted by Crippen LogP contribution is -2.43. The summed E-state index contributed by atoms with van der Waals surface area (Å²) in [5.74, 6) is -3.94. The molecule has 1 heterocycles. The quantitative estimate of drug-likeness (QED) is 0.631. The molecule has 1 aliphatic heterocycles. The second-order valence-electron chi connectivity index (χ2n) is 4.72. The highest BCUT2D eigenvalue weighted by atomic mass is 19.1. The van der Waals surface area contributed by atoms with Gasteiger partial charge >= 0.3 is 5.69 Å². The van der Waals surface area contributed by atoms with Crippen LogP contribution in [0.15, 0.2) is 12.1 Å². The van der Waals surface area contributed by atoms with Crippen LogP contribution in [0, 0.1) is 21.7 Å². The van der Waals surface area contributed by atoms with Crippen LogP contribution in [0.4, 0.5) is 14.5 Å². The molecule has 1 fully saturated rings. The molecule has 9 heteroatoms. The lowest BCUT2D eigenvalue weighted by atomic mass is 10.0. The molecule has 7 nitrogen and oxygen atoms in total. The number of hydrogen-bond donors (Lipinski definition) is 2. The minimum absolute atomic E-state index is 0.00676. The standard InChI is InChI=1S/C12H12F2N2O5/c13-7-1-2-8(16(19)20)10(14)9(7)11(17)15-5-12(18)3-4-21-6-12/h1-2,18H,3-6H2,(H,15,17). The molecule has 1 aliphatic rings. The average Bonchev–Trinajstić information content (AvgIpc) is 2.83. The van der Waals surface area contributed by atoms with E-state index in [4.69, 9.17) is 4.74 Å². The zero-order valence-electron chi connectivity index (χ0n) is 10.8. The molecule has 0 bridgehead atoms. The van der Waals surface area contributed by atoms with Crippen LogP contribution in [0.2, 0.25) is 0 Å². The Morgan fingerprint density at radius 1 is 1.52 bits per heavy atom. The van der Waals surface area contributed by atoms with Crippen molar-refractivity contribution in [2.75, 3.05) is 19.8 Å². The fourth-order valence-corrected chi connectivity index (χ4v) is 1.96. The van der Waals surface area contributed by atoms with Crippen molar-refractivity contribution in [3.8, 4) is 0 Å². The van der Waals surface area contributed by atoms with E-state index < -0.39 is 39.3 Å². The highest BCUT2D eigenvalue weighted by molar-refractivity contribution is 5.95. The van der Waals surface area contributed by atoms with Gasteiger partial charge < -0.3 is 15.2 Å². The van der Waals surface area contributed by atoms with Crippen molar-refractivity contribution in [3.05, 3.63) is 39.4 Å². The van der Waals surface area contributed by atoms with Crippen molar-refractivity contribution in [1.29, 1.82) is 0 Å². The first-order valence-electron chi connectivity index (χ1n) is 6.05. The van der Waals surface area contributed by atoms with Gasteiger partial charge in [0.15, 0.2) is 0 Å². The molecule has 0 spiro atoms. The summed E-state index contributed by atoms with van der Waals surface area (Å²) in [4.78, 5) is 21.3. The molecule has 1 atom stereocenters. The summed E-state index contributed by atoms with van der Waals surface area (Å²) in [5.41, 5.74) is -3.35. The molecule has 0 aliphatic carbocycles. The van der Waals surface area contributed by atoms with Gasteiger partial charge in [-0.3, -0.25) is 14.9 Å². The first-order valence-corrected chi connectivity index (χ1v) is 6.05. The zero-order valence-corrected chi connectivity index (χ0v) is 10.8. The number of halogens is 2. The second-order valence-corrected chi connectivity index (χ2v) is 4.72. The van der Waals surface area contributed by atoms with Gasteiger partial charge in [-0.2, -0.15) is 4.39 Å². The molecule has 1 aromatic carbocycles. The maximum absolute atomic E-state index is 13.8. The van der Waals surface area contributed by atoms with E-state index in [0.717, 1.165) is 0 Å². The smallest absolute Gasteiger partial charge is 0.305 e. The van der Waals surface area contributed by atoms with Crippen LogP contribution in [0.25, 0.3) is 0 Å². The molecule has 1 amide bonds. The molecular formula is C12H12F2N2O5. The predicted molar refractivity (Wildman–Crippen MR) is 65.7 cm³/mol. The van der Waals surface area contributed by atoms with E-state index >= 15 is 0 Å². The molecule has 21 heavy (non-hydrogen) atoms. The van der Waals surface area contributed by atoms with Gasteiger partial charge in [0.05, 0.1) is 11.5 Å². The highest BCUT2D eigenvalue weighted by Gasteiger charge is 2.34. The summed E-state index contributed by atoms with van der Waals surface area (Å²) in [6.07, 6.45) is 0.271. The van der Waals surface area contributed by atoms with Crippen molar-refractivity contribution < 1.29 is 28.3 Å². The topological polar surface area (TPSA) is 102 Å². The Hall–Kier alpha value is -2.13. The van der Waals surface area contributed by atoms with Crippen LogP contribution in [-0.2, 0) is 4.74 Å². The second kappa shape index (κ2) is 5.70. The van der Waals surface area contributed by atoms with E-state index in [-0.39, 0.29) is 19.6 Å². The fourth-order valence-electron chi connectivity index (χ4n) is 1.96. The van der Waals surface area contributed by atoms with Crippen LogP contribution >= 0.6 is 0 Å². The van der Waals surface area contributed by atoms with E-state index in [1.807, 2.05) is 0 Å². The van der Waals surface area contributed by atoms with Gasteiger partial charge in [0, 0.05) is 25.6 Å². The first kappa shape index (κ1) is 15.3. The van der Waals surface area contributed by atoms with Crippen molar-refractivity contribution in [1.82, 2.24) is 5.32 Å². The number of nitrogens with one attached hydrogen (secondary N) is 1. The number of rotatable bonds is 4. The maximum atomic E-state index is 13.8. The van der Waals surface area contributed by atoms with Gasteiger partial charge in [0.25, 0.3) is 5.91 Å². The number of nitro benzene ring substituents is 1. The van der Waals surface area contributed by atoms with Crippen LogP contribution in [0.3, 0.4) is 0 Å². The summed E-state index contributed by atoms with van der Waals surface area (Å²) in [6.45, 7) is 0.0342. The SMILES string of the molecule is O=C(NCC1(O)CCOC1)c1c(F)ccc([N+](=O)[O-])c1F. The Morgan fingerprint density at radius 3 is 2.81 bits per heavy atom. The molecule has 1 aromatic rings. The minimum atomic E-state index is -1.55. The number of carbonyl (C=O) groups is 1. The number of ether oxygens (including phenoxy) is 1. The Bertz CT molecular complexity index is 587. The Kier molecular flexibility index (Phi) is 4.14. The molecule has 1 saturated heterocycles. The van der Waals surface area contributed by atoms with Crippen LogP contribution < -0.4 is 5.32 Å². The number of carbonyl (C=O) groups excluding carboxylic acids is 1. The predicted octanol–water partition coefficient (Wildman–Crippen LogP) is 0.754. The zero-order chi connectivity index (χ0) is 15.6. The third kappa shape index (κ3) is 3.14. The fraction of sp³-hybridized carbons (Fsp3) is 0.417. The van der Waals surface area contributed by atoms with Crippen LogP contribution in [0.5, 0.6) is 0 Å². The third-order valence-corrected chi connectivity index (χ3v) is 3.15. The lowest BCUT2D eigenvalue weighted by molar-refractivity contribution is -0.387. The number of benzene rings is 1. The van der Waals surface area contributed by atoms with Crippen molar-refractivity contribution in [2.24, 2.45) is 0 Å². The van der Waals surface area contributed by atoms with Gasteiger partial charge in [-0.15, -0.1) is 0 Å². The number of nitrogens with zero attached hydrogens (tertiary/aromatic N) is 1. The highest BCUT2D eigenvalue weighted by Crippen LogP contribution is 2.23. The first-order chi connectivity index (χ1) is 9.84.